The van der Waals surface area contributed by atoms with E-state index in [1.165, 1.54) is 42.9 Å². The lowest BCUT2D eigenvalue weighted by Gasteiger charge is -2.20. The van der Waals surface area contributed by atoms with Crippen LogP contribution in [0.1, 0.15) is 30.8 Å². The summed E-state index contributed by atoms with van der Waals surface area (Å²) in [5.41, 5.74) is 1.23. The molecule has 0 aliphatic rings. The van der Waals surface area contributed by atoms with Gasteiger partial charge in [-0.15, -0.1) is 0 Å². The number of carbonyl (C=O) groups is 1. The van der Waals surface area contributed by atoms with Gasteiger partial charge in [-0.3, -0.25) is 9.36 Å². The van der Waals surface area contributed by atoms with Crippen molar-refractivity contribution >= 4 is 21.6 Å². The number of amides is 1. The lowest BCUT2D eigenvalue weighted by atomic mass is 10.1. The summed E-state index contributed by atoms with van der Waals surface area (Å²) in [5.74, 6) is -0.364. The molecule has 1 amide bonds. The quantitative estimate of drug-likeness (QED) is 0.806. The maximum Gasteiger partial charge on any atom is 0.348 e. The molecule has 0 fully saturated rings. The van der Waals surface area contributed by atoms with E-state index in [4.69, 9.17) is 0 Å². The number of anilines is 1. The largest absolute Gasteiger partial charge is 0.348 e. The molecule has 1 aromatic carbocycles. The first-order valence-corrected chi connectivity index (χ1v) is 9.92. The van der Waals surface area contributed by atoms with Crippen molar-refractivity contribution < 1.29 is 13.2 Å². The van der Waals surface area contributed by atoms with Gasteiger partial charge in [0, 0.05) is 31.2 Å². The number of aromatic nitrogens is 2. The molecule has 2 rings (SSSR count). The molecule has 27 heavy (non-hydrogen) atoms. The van der Waals surface area contributed by atoms with Crippen molar-refractivity contribution in [2.45, 2.75) is 38.1 Å². The van der Waals surface area contributed by atoms with Gasteiger partial charge in [0.25, 0.3) is 0 Å². The lowest BCUT2D eigenvalue weighted by Crippen LogP contribution is -2.36. The molecule has 2 aromatic rings. The first-order valence-electron chi connectivity index (χ1n) is 8.48. The highest BCUT2D eigenvalue weighted by Crippen LogP contribution is 2.19. The number of nitrogens with one attached hydrogen (secondary N) is 1. The molecule has 1 unspecified atom stereocenters. The van der Waals surface area contributed by atoms with Gasteiger partial charge in [0.1, 0.15) is 6.04 Å². The Morgan fingerprint density at radius 2 is 1.81 bits per heavy atom. The van der Waals surface area contributed by atoms with Crippen molar-refractivity contribution in [1.29, 1.82) is 0 Å². The third-order valence-corrected chi connectivity index (χ3v) is 6.01. The number of carbonyl (C=O) groups excluding carboxylic acids is 1. The Morgan fingerprint density at radius 3 is 2.30 bits per heavy atom. The van der Waals surface area contributed by atoms with E-state index in [9.17, 15) is 18.0 Å². The van der Waals surface area contributed by atoms with Gasteiger partial charge in [0.05, 0.1) is 4.90 Å². The van der Waals surface area contributed by atoms with Crippen LogP contribution in [-0.2, 0) is 14.8 Å². The number of rotatable bonds is 6. The molecule has 0 bridgehead atoms. The zero-order valence-corrected chi connectivity index (χ0v) is 16.9. The van der Waals surface area contributed by atoms with Crippen molar-refractivity contribution in [3.8, 4) is 0 Å². The molecular formula is C18H24N4O4S. The van der Waals surface area contributed by atoms with Crippen molar-refractivity contribution in [2.24, 2.45) is 0 Å². The van der Waals surface area contributed by atoms with Gasteiger partial charge in [0.2, 0.25) is 15.9 Å². The number of nitrogens with zero attached hydrogens (tertiary/aromatic N) is 3. The van der Waals surface area contributed by atoms with Crippen LogP contribution in [0.4, 0.5) is 5.69 Å². The average molecular weight is 392 g/mol. The second-order valence-electron chi connectivity index (χ2n) is 6.42. The Bertz CT molecular complexity index is 995. The molecule has 0 aliphatic heterocycles. The number of hydrogen-bond acceptors (Lipinski definition) is 5. The SMILES string of the molecule is CCC(C(=O)Nc1ccc(S(=O)(=O)N(C)C)cc1)n1c(C)cc(C)nc1=O. The predicted octanol–water partition coefficient (Wildman–Crippen LogP) is 1.70. The second-order valence-corrected chi connectivity index (χ2v) is 8.57. The molecule has 0 radical (unpaired) electrons. The summed E-state index contributed by atoms with van der Waals surface area (Å²) in [6, 6.07) is 6.93. The van der Waals surface area contributed by atoms with E-state index in [2.05, 4.69) is 10.3 Å². The van der Waals surface area contributed by atoms with Crippen LogP contribution >= 0.6 is 0 Å². The van der Waals surface area contributed by atoms with Gasteiger partial charge in [-0.2, -0.15) is 4.98 Å². The smallest absolute Gasteiger partial charge is 0.324 e. The monoisotopic (exact) mass is 392 g/mol. The summed E-state index contributed by atoms with van der Waals surface area (Å²) in [6.07, 6.45) is 0.407. The number of aryl methyl sites for hydroxylation is 2. The summed E-state index contributed by atoms with van der Waals surface area (Å²) in [6.45, 7) is 5.29. The molecule has 146 valence electrons. The number of sulfonamides is 1. The Hall–Kier alpha value is -2.52. The molecule has 0 saturated carbocycles. The number of hydrogen-bond donors (Lipinski definition) is 1. The molecule has 1 atom stereocenters. The van der Waals surface area contributed by atoms with Gasteiger partial charge in [-0.05, 0) is 50.6 Å². The van der Waals surface area contributed by atoms with E-state index in [1.54, 1.807) is 19.9 Å². The standard InChI is InChI=1S/C18H24N4O4S/c1-6-16(22-13(3)11-12(2)19-18(22)24)17(23)20-14-7-9-15(10-8-14)27(25,26)21(4)5/h7-11,16H,6H2,1-5H3,(H,20,23). The van der Waals surface area contributed by atoms with E-state index in [1.807, 2.05) is 6.92 Å². The minimum atomic E-state index is -3.53. The van der Waals surface area contributed by atoms with Gasteiger partial charge < -0.3 is 5.32 Å². The fraction of sp³-hybridized carbons (Fsp3) is 0.389. The van der Waals surface area contributed by atoms with Crippen LogP contribution in [0.15, 0.2) is 40.0 Å². The average Bonchev–Trinajstić information content (AvgIpc) is 2.58. The topological polar surface area (TPSA) is 101 Å². The van der Waals surface area contributed by atoms with Crippen LogP contribution in [0.25, 0.3) is 0 Å². The van der Waals surface area contributed by atoms with Gasteiger partial charge in [-0.25, -0.2) is 17.5 Å². The highest BCUT2D eigenvalue weighted by atomic mass is 32.2. The van der Waals surface area contributed by atoms with Crippen molar-refractivity contribution in [1.82, 2.24) is 13.9 Å². The lowest BCUT2D eigenvalue weighted by molar-refractivity contribution is -0.119. The van der Waals surface area contributed by atoms with E-state index < -0.39 is 21.8 Å². The minimum Gasteiger partial charge on any atom is -0.324 e. The summed E-state index contributed by atoms with van der Waals surface area (Å²) in [5, 5.41) is 2.73. The van der Waals surface area contributed by atoms with E-state index in [-0.39, 0.29) is 10.8 Å². The van der Waals surface area contributed by atoms with E-state index in [0.29, 0.717) is 23.5 Å². The van der Waals surface area contributed by atoms with Gasteiger partial charge in [-0.1, -0.05) is 6.92 Å². The fourth-order valence-electron chi connectivity index (χ4n) is 2.77. The first kappa shape index (κ1) is 20.8. The van der Waals surface area contributed by atoms with Crippen molar-refractivity contribution in [3.05, 3.63) is 52.2 Å². The second kappa shape index (κ2) is 8.01. The maximum absolute atomic E-state index is 12.7. The summed E-state index contributed by atoms with van der Waals surface area (Å²) in [4.78, 5) is 29.0. The Balaban J connectivity index is 2.27. The van der Waals surface area contributed by atoms with E-state index in [0.717, 1.165) is 4.31 Å². The highest BCUT2D eigenvalue weighted by molar-refractivity contribution is 7.89. The van der Waals surface area contributed by atoms with Crippen LogP contribution in [0.3, 0.4) is 0 Å². The summed E-state index contributed by atoms with van der Waals surface area (Å²) in [7, 11) is -0.633. The first-order chi connectivity index (χ1) is 12.6. The Labute approximate surface area is 158 Å². The number of benzene rings is 1. The molecule has 8 nitrogen and oxygen atoms in total. The molecule has 1 aromatic heterocycles. The molecule has 0 saturated heterocycles. The maximum atomic E-state index is 12.7. The molecule has 1 heterocycles. The predicted molar refractivity (Wildman–Crippen MR) is 103 cm³/mol. The van der Waals surface area contributed by atoms with Crippen LogP contribution in [0, 0.1) is 13.8 Å². The highest BCUT2D eigenvalue weighted by Gasteiger charge is 2.22. The van der Waals surface area contributed by atoms with Crippen molar-refractivity contribution in [2.75, 3.05) is 19.4 Å². The zero-order chi connectivity index (χ0) is 20.4. The van der Waals surface area contributed by atoms with Crippen LogP contribution in [0.5, 0.6) is 0 Å². The summed E-state index contributed by atoms with van der Waals surface area (Å²) < 4.78 is 26.7. The van der Waals surface area contributed by atoms with Gasteiger partial charge >= 0.3 is 5.69 Å². The molecule has 0 aliphatic carbocycles. The molecular weight excluding hydrogens is 368 g/mol. The minimum absolute atomic E-state index is 0.132. The van der Waals surface area contributed by atoms with Crippen LogP contribution < -0.4 is 11.0 Å². The van der Waals surface area contributed by atoms with Gasteiger partial charge in [0.15, 0.2) is 0 Å². The van der Waals surface area contributed by atoms with E-state index >= 15 is 0 Å². The zero-order valence-electron chi connectivity index (χ0n) is 16.1. The molecule has 0 spiro atoms. The van der Waals surface area contributed by atoms with Crippen molar-refractivity contribution in [3.63, 3.8) is 0 Å². The normalized spacial score (nSPS) is 12.8. The third-order valence-electron chi connectivity index (χ3n) is 4.18. The molecule has 9 heteroatoms. The summed E-state index contributed by atoms with van der Waals surface area (Å²) >= 11 is 0. The Kier molecular flexibility index (Phi) is 6.17. The Morgan fingerprint density at radius 1 is 1.22 bits per heavy atom. The fourth-order valence-corrected chi connectivity index (χ4v) is 3.67. The third kappa shape index (κ3) is 4.42. The van der Waals surface area contributed by atoms with Crippen LogP contribution in [-0.4, -0.2) is 42.3 Å². The molecule has 1 N–H and O–H groups in total. The van der Waals surface area contributed by atoms with Crippen LogP contribution in [0.2, 0.25) is 0 Å².